The number of carboxylic acid groups (broad SMARTS) is 1. The van der Waals surface area contributed by atoms with E-state index in [0.717, 1.165) is 19.3 Å². The van der Waals surface area contributed by atoms with Gasteiger partial charge in [-0.3, -0.25) is 0 Å². The molecular weight excluding hydrogens is 327 g/mol. The Kier molecular flexibility index (Phi) is 9.31. The van der Waals surface area contributed by atoms with Crippen LogP contribution in [-0.2, 0) is 25.5 Å². The molecular formula is C19H27FO5. The highest BCUT2D eigenvalue weighted by atomic mass is 19.1. The first-order valence-electron chi connectivity index (χ1n) is 8.68. The Balaban J connectivity index is 3.02. The van der Waals surface area contributed by atoms with E-state index in [-0.39, 0.29) is 12.8 Å². The van der Waals surface area contributed by atoms with Gasteiger partial charge in [0.1, 0.15) is 12.1 Å². The Labute approximate surface area is 148 Å². The van der Waals surface area contributed by atoms with E-state index in [1.54, 1.807) is 6.07 Å². The minimum Gasteiger partial charge on any atom is -0.479 e. The fourth-order valence-electron chi connectivity index (χ4n) is 2.51. The van der Waals surface area contributed by atoms with Crippen molar-refractivity contribution in [3.05, 3.63) is 35.6 Å². The summed E-state index contributed by atoms with van der Waals surface area (Å²) in [4.78, 5) is 23.1. The molecule has 25 heavy (non-hydrogen) atoms. The number of hydrogen-bond donors (Lipinski definition) is 1. The van der Waals surface area contributed by atoms with Gasteiger partial charge < -0.3 is 19.4 Å². The minimum absolute atomic E-state index is 0.115. The molecule has 6 heteroatoms. The summed E-state index contributed by atoms with van der Waals surface area (Å²) in [5, 5.41) is 9.74. The molecule has 0 amide bonds. The molecule has 0 saturated heterocycles. The summed E-state index contributed by atoms with van der Waals surface area (Å²) in [6, 6.07) is 5.64. The topological polar surface area (TPSA) is 72.8 Å². The number of ether oxygens (including phenoxy) is 2. The molecule has 5 nitrogen and oxygen atoms in total. The summed E-state index contributed by atoms with van der Waals surface area (Å²) in [5.41, 5.74) is -1.32. The number of carbonyl (C=O) groups excluding carboxylic acids is 1. The van der Waals surface area contributed by atoms with Gasteiger partial charge in [-0.1, -0.05) is 38.8 Å². The number of benzene rings is 1. The number of aliphatic carboxylic acids is 1. The predicted octanol–water partition coefficient (Wildman–Crippen LogP) is 3.74. The molecule has 0 heterocycles. The lowest BCUT2D eigenvalue weighted by atomic mass is 9.91. The van der Waals surface area contributed by atoms with Crippen molar-refractivity contribution in [2.24, 2.45) is 0 Å². The zero-order valence-corrected chi connectivity index (χ0v) is 14.9. The van der Waals surface area contributed by atoms with Crippen LogP contribution < -0.4 is 0 Å². The van der Waals surface area contributed by atoms with E-state index >= 15 is 0 Å². The van der Waals surface area contributed by atoms with Crippen LogP contribution >= 0.6 is 0 Å². The zero-order valence-electron chi connectivity index (χ0n) is 14.9. The number of carbonyl (C=O) groups is 2. The minimum atomic E-state index is -1.78. The van der Waals surface area contributed by atoms with Crippen LogP contribution in [0, 0.1) is 5.82 Å². The molecule has 2 unspecified atom stereocenters. The highest BCUT2D eigenvalue weighted by Crippen LogP contribution is 2.26. The van der Waals surface area contributed by atoms with Crippen LogP contribution in [0.4, 0.5) is 4.39 Å². The lowest BCUT2D eigenvalue weighted by molar-refractivity contribution is -0.224. The van der Waals surface area contributed by atoms with Crippen molar-refractivity contribution in [1.29, 1.82) is 0 Å². The second-order valence-corrected chi connectivity index (χ2v) is 6.04. The van der Waals surface area contributed by atoms with Gasteiger partial charge in [0.05, 0.1) is 0 Å². The van der Waals surface area contributed by atoms with Gasteiger partial charge in [0.15, 0.2) is 11.9 Å². The van der Waals surface area contributed by atoms with Crippen LogP contribution in [0.3, 0.4) is 0 Å². The van der Waals surface area contributed by atoms with Crippen molar-refractivity contribution in [1.82, 2.24) is 0 Å². The maximum Gasteiger partial charge on any atom is 0.336 e. The Bertz CT molecular complexity index is 548. The van der Waals surface area contributed by atoms with Gasteiger partial charge >= 0.3 is 5.97 Å². The molecule has 0 aliphatic rings. The molecule has 1 aromatic carbocycles. The quantitative estimate of drug-likeness (QED) is 0.332. The Morgan fingerprint density at radius 3 is 2.68 bits per heavy atom. The standard InChI is InChI=1S/C19H27FO5/c1-3-5-12-24-17(7-4-2)25-19(10-11-21,18(22)23)14-15-8-6-9-16(20)13-15/h6,8-9,11,13,17H,3-5,7,10,12,14H2,1-2H3,(H,22,23). The van der Waals surface area contributed by atoms with Gasteiger partial charge in [0.2, 0.25) is 0 Å². The lowest BCUT2D eigenvalue weighted by Crippen LogP contribution is -2.47. The predicted molar refractivity (Wildman–Crippen MR) is 91.8 cm³/mol. The van der Waals surface area contributed by atoms with Crippen molar-refractivity contribution >= 4 is 12.3 Å². The van der Waals surface area contributed by atoms with Crippen molar-refractivity contribution in [2.75, 3.05) is 6.61 Å². The molecule has 0 aliphatic carbocycles. The molecule has 0 fully saturated rings. The molecule has 2 atom stereocenters. The fourth-order valence-corrected chi connectivity index (χ4v) is 2.51. The van der Waals surface area contributed by atoms with Gasteiger partial charge in [-0.2, -0.15) is 0 Å². The maximum absolute atomic E-state index is 13.4. The highest BCUT2D eigenvalue weighted by molar-refractivity contribution is 5.81. The van der Waals surface area contributed by atoms with E-state index in [9.17, 15) is 19.1 Å². The largest absolute Gasteiger partial charge is 0.479 e. The third-order valence-electron chi connectivity index (χ3n) is 3.86. The van der Waals surface area contributed by atoms with Crippen LogP contribution in [0.15, 0.2) is 24.3 Å². The summed E-state index contributed by atoms with van der Waals surface area (Å²) in [6.07, 6.45) is 2.38. The van der Waals surface area contributed by atoms with Crippen molar-refractivity contribution in [3.8, 4) is 0 Å². The van der Waals surface area contributed by atoms with Crippen LogP contribution in [0.5, 0.6) is 0 Å². The van der Waals surface area contributed by atoms with Crippen molar-refractivity contribution < 1.29 is 28.6 Å². The average molecular weight is 354 g/mol. The first-order chi connectivity index (χ1) is 12.0. The number of aldehydes is 1. The van der Waals surface area contributed by atoms with Crippen molar-refractivity contribution in [2.45, 2.75) is 64.3 Å². The highest BCUT2D eigenvalue weighted by Gasteiger charge is 2.42. The molecule has 140 valence electrons. The van der Waals surface area contributed by atoms with Gasteiger partial charge in [-0.15, -0.1) is 0 Å². The molecule has 0 bridgehead atoms. The average Bonchev–Trinajstić information content (AvgIpc) is 2.55. The number of hydrogen-bond acceptors (Lipinski definition) is 4. The van der Waals surface area contributed by atoms with E-state index in [4.69, 9.17) is 9.47 Å². The van der Waals surface area contributed by atoms with Crippen molar-refractivity contribution in [3.63, 3.8) is 0 Å². The number of unbranched alkanes of at least 4 members (excludes halogenated alkanes) is 1. The summed E-state index contributed by atoms with van der Waals surface area (Å²) >= 11 is 0. The summed E-state index contributed by atoms with van der Waals surface area (Å²) in [5.74, 6) is -1.73. The van der Waals surface area contributed by atoms with Crippen LogP contribution in [0.2, 0.25) is 0 Å². The molecule has 0 spiro atoms. The van der Waals surface area contributed by atoms with Gasteiger partial charge in [0, 0.05) is 19.4 Å². The second kappa shape index (κ2) is 10.9. The normalized spacial score (nSPS) is 14.7. The third-order valence-corrected chi connectivity index (χ3v) is 3.86. The van der Waals surface area contributed by atoms with Gasteiger partial charge in [0.25, 0.3) is 0 Å². The number of carboxylic acids is 1. The Morgan fingerprint density at radius 1 is 1.36 bits per heavy atom. The van der Waals surface area contributed by atoms with Crippen LogP contribution in [-0.4, -0.2) is 35.9 Å². The van der Waals surface area contributed by atoms with Crippen LogP contribution in [0.25, 0.3) is 0 Å². The number of rotatable bonds is 13. The first kappa shape index (κ1) is 21.3. The fraction of sp³-hybridized carbons (Fsp3) is 0.579. The van der Waals surface area contributed by atoms with Crippen LogP contribution in [0.1, 0.15) is 51.5 Å². The summed E-state index contributed by atoms with van der Waals surface area (Å²) in [7, 11) is 0. The molecule has 1 rings (SSSR count). The molecule has 0 aromatic heterocycles. The molecule has 1 aromatic rings. The van der Waals surface area contributed by atoms with E-state index in [0.29, 0.717) is 24.9 Å². The summed E-state index contributed by atoms with van der Waals surface area (Å²) in [6.45, 7) is 4.42. The van der Waals surface area contributed by atoms with E-state index in [2.05, 4.69) is 0 Å². The monoisotopic (exact) mass is 354 g/mol. The van der Waals surface area contributed by atoms with E-state index in [1.165, 1.54) is 18.2 Å². The zero-order chi connectivity index (χ0) is 18.7. The second-order valence-electron chi connectivity index (χ2n) is 6.04. The first-order valence-corrected chi connectivity index (χ1v) is 8.68. The summed E-state index contributed by atoms with van der Waals surface area (Å²) < 4.78 is 24.9. The number of halogens is 1. The van der Waals surface area contributed by atoms with E-state index in [1.807, 2.05) is 13.8 Å². The Morgan fingerprint density at radius 2 is 2.12 bits per heavy atom. The van der Waals surface area contributed by atoms with Gasteiger partial charge in [-0.05, 0) is 30.5 Å². The lowest BCUT2D eigenvalue weighted by Gasteiger charge is -2.32. The smallest absolute Gasteiger partial charge is 0.336 e. The Hall–Kier alpha value is -1.79. The van der Waals surface area contributed by atoms with E-state index < -0.39 is 23.7 Å². The van der Waals surface area contributed by atoms with Gasteiger partial charge in [-0.25, -0.2) is 9.18 Å². The maximum atomic E-state index is 13.4. The SMILES string of the molecule is CCCCOC(CCC)OC(CC=O)(Cc1cccc(F)c1)C(=O)O. The molecule has 1 N–H and O–H groups in total. The molecule has 0 radical (unpaired) electrons. The molecule has 0 aliphatic heterocycles. The molecule has 0 saturated carbocycles. The third kappa shape index (κ3) is 6.92.